The molecule has 36 heavy (non-hydrogen) atoms. The number of rotatable bonds is 10. The average molecular weight is 554 g/mol. The summed E-state index contributed by atoms with van der Waals surface area (Å²) in [5.41, 5.74) is 3.72. The molecule has 186 valence electrons. The zero-order chi connectivity index (χ0) is 25.9. The summed E-state index contributed by atoms with van der Waals surface area (Å²) in [6.45, 7) is 2.17. The third-order valence-corrected chi connectivity index (χ3v) is 5.18. The fourth-order valence-electron chi connectivity index (χ4n) is 2.97. The summed E-state index contributed by atoms with van der Waals surface area (Å²) >= 11 is 3.29. The van der Waals surface area contributed by atoms with Gasteiger partial charge in [-0.3, -0.25) is 9.59 Å². The molecular formula is C26H24BrN3O6. The van der Waals surface area contributed by atoms with Crippen molar-refractivity contribution in [3.05, 3.63) is 87.9 Å². The van der Waals surface area contributed by atoms with Crippen LogP contribution in [-0.2, 0) is 4.79 Å². The summed E-state index contributed by atoms with van der Waals surface area (Å²) in [4.78, 5) is 36.6. The Morgan fingerprint density at radius 1 is 0.972 bits per heavy atom. The maximum atomic E-state index is 12.5. The second-order valence-electron chi connectivity index (χ2n) is 7.24. The molecule has 2 amide bonds. The lowest BCUT2D eigenvalue weighted by molar-refractivity contribution is -0.120. The van der Waals surface area contributed by atoms with Crippen LogP contribution in [0, 0.1) is 0 Å². The number of halogens is 1. The minimum absolute atomic E-state index is 0.229. The number of carbonyl (C=O) groups is 3. The van der Waals surface area contributed by atoms with E-state index in [1.807, 2.05) is 6.92 Å². The number of methoxy groups -OCH3 is 1. The highest BCUT2D eigenvalue weighted by atomic mass is 79.9. The van der Waals surface area contributed by atoms with Crippen LogP contribution in [0.15, 0.2) is 76.3 Å². The number of ether oxygens (including phenoxy) is 3. The van der Waals surface area contributed by atoms with E-state index in [-0.39, 0.29) is 18.2 Å². The average Bonchev–Trinajstić information content (AvgIpc) is 2.88. The first-order chi connectivity index (χ1) is 17.4. The Morgan fingerprint density at radius 2 is 1.75 bits per heavy atom. The van der Waals surface area contributed by atoms with Gasteiger partial charge in [0.2, 0.25) is 0 Å². The molecule has 0 aliphatic carbocycles. The highest BCUT2D eigenvalue weighted by Crippen LogP contribution is 2.28. The number of hydrogen-bond acceptors (Lipinski definition) is 7. The minimum Gasteiger partial charge on any atom is -0.494 e. The van der Waals surface area contributed by atoms with Gasteiger partial charge in [-0.05, 0) is 73.2 Å². The van der Waals surface area contributed by atoms with Crippen molar-refractivity contribution in [1.29, 1.82) is 0 Å². The minimum atomic E-state index is -0.546. The molecule has 9 nitrogen and oxygen atoms in total. The van der Waals surface area contributed by atoms with E-state index in [4.69, 9.17) is 14.2 Å². The Labute approximate surface area is 216 Å². The monoisotopic (exact) mass is 553 g/mol. The van der Waals surface area contributed by atoms with Crippen LogP contribution in [0.25, 0.3) is 0 Å². The fourth-order valence-corrected chi connectivity index (χ4v) is 3.37. The molecule has 0 aliphatic heterocycles. The molecule has 0 fully saturated rings. The largest absolute Gasteiger partial charge is 0.494 e. The van der Waals surface area contributed by atoms with Crippen molar-refractivity contribution in [2.45, 2.75) is 6.92 Å². The molecule has 0 unspecified atom stereocenters. The van der Waals surface area contributed by atoms with E-state index in [2.05, 4.69) is 31.8 Å². The van der Waals surface area contributed by atoms with Gasteiger partial charge in [0.1, 0.15) is 5.75 Å². The highest BCUT2D eigenvalue weighted by molar-refractivity contribution is 9.10. The van der Waals surface area contributed by atoms with Crippen molar-refractivity contribution in [2.24, 2.45) is 5.10 Å². The SMILES string of the molecule is CCOc1ccc(C(=O)Oc2ccc(C=NNC(=O)CNC(=O)c3cccc(Br)c3)cc2OC)cc1. The molecule has 0 aromatic heterocycles. The van der Waals surface area contributed by atoms with Gasteiger partial charge in [0.15, 0.2) is 11.5 Å². The summed E-state index contributed by atoms with van der Waals surface area (Å²) in [5.74, 6) is -0.221. The Bertz CT molecular complexity index is 1260. The van der Waals surface area contributed by atoms with Gasteiger partial charge in [-0.1, -0.05) is 22.0 Å². The van der Waals surface area contributed by atoms with Gasteiger partial charge < -0.3 is 19.5 Å². The lowest BCUT2D eigenvalue weighted by atomic mass is 10.2. The Morgan fingerprint density at radius 3 is 2.44 bits per heavy atom. The van der Waals surface area contributed by atoms with Crippen LogP contribution >= 0.6 is 15.9 Å². The van der Waals surface area contributed by atoms with Crippen LogP contribution in [0.4, 0.5) is 0 Å². The molecule has 0 spiro atoms. The number of hydrazone groups is 1. The van der Waals surface area contributed by atoms with E-state index in [9.17, 15) is 14.4 Å². The summed E-state index contributed by atoms with van der Waals surface area (Å²) in [6.07, 6.45) is 1.40. The van der Waals surface area contributed by atoms with Gasteiger partial charge in [0.25, 0.3) is 11.8 Å². The normalized spacial score (nSPS) is 10.5. The molecule has 3 aromatic rings. The van der Waals surface area contributed by atoms with Gasteiger partial charge in [-0.25, -0.2) is 10.2 Å². The van der Waals surface area contributed by atoms with E-state index < -0.39 is 11.9 Å². The van der Waals surface area contributed by atoms with Crippen LogP contribution in [0.2, 0.25) is 0 Å². The van der Waals surface area contributed by atoms with E-state index in [0.717, 1.165) is 4.47 Å². The van der Waals surface area contributed by atoms with E-state index >= 15 is 0 Å². The first-order valence-corrected chi connectivity index (χ1v) is 11.7. The predicted octanol–water partition coefficient (Wildman–Crippen LogP) is 3.96. The van der Waals surface area contributed by atoms with Crippen molar-refractivity contribution in [2.75, 3.05) is 20.3 Å². The number of benzene rings is 3. The van der Waals surface area contributed by atoms with Crippen LogP contribution < -0.4 is 25.0 Å². The third-order valence-electron chi connectivity index (χ3n) is 4.69. The number of nitrogens with zero attached hydrogens (tertiary/aromatic N) is 1. The highest BCUT2D eigenvalue weighted by Gasteiger charge is 2.13. The Balaban J connectivity index is 1.53. The van der Waals surface area contributed by atoms with Gasteiger partial charge in [0, 0.05) is 10.0 Å². The zero-order valence-electron chi connectivity index (χ0n) is 19.6. The number of carbonyl (C=O) groups excluding carboxylic acids is 3. The van der Waals surface area contributed by atoms with Crippen LogP contribution in [0.5, 0.6) is 17.2 Å². The fraction of sp³-hybridized carbons (Fsp3) is 0.154. The number of esters is 1. The quantitative estimate of drug-likeness (QED) is 0.170. The van der Waals surface area contributed by atoms with Gasteiger partial charge in [0.05, 0.1) is 32.0 Å². The molecule has 0 atom stereocenters. The molecule has 0 saturated heterocycles. The summed E-state index contributed by atoms with van der Waals surface area (Å²) in [5, 5.41) is 6.40. The van der Waals surface area contributed by atoms with Crippen molar-refractivity contribution < 1.29 is 28.6 Å². The molecule has 0 saturated carbocycles. The second-order valence-corrected chi connectivity index (χ2v) is 8.16. The van der Waals surface area contributed by atoms with E-state index in [0.29, 0.717) is 34.8 Å². The maximum Gasteiger partial charge on any atom is 0.343 e. The summed E-state index contributed by atoms with van der Waals surface area (Å²) in [6, 6.07) is 18.2. The molecular weight excluding hydrogens is 530 g/mol. The first-order valence-electron chi connectivity index (χ1n) is 10.9. The second kappa shape index (κ2) is 13.1. The van der Waals surface area contributed by atoms with Gasteiger partial charge >= 0.3 is 5.97 Å². The predicted molar refractivity (Wildman–Crippen MR) is 138 cm³/mol. The van der Waals surface area contributed by atoms with Crippen LogP contribution in [-0.4, -0.2) is 44.3 Å². The zero-order valence-corrected chi connectivity index (χ0v) is 21.2. The smallest absolute Gasteiger partial charge is 0.343 e. The molecule has 0 aliphatic rings. The molecule has 0 radical (unpaired) electrons. The van der Waals surface area contributed by atoms with Crippen LogP contribution in [0.1, 0.15) is 33.2 Å². The maximum absolute atomic E-state index is 12.5. The van der Waals surface area contributed by atoms with Crippen molar-refractivity contribution in [3.8, 4) is 17.2 Å². The molecule has 0 bridgehead atoms. The van der Waals surface area contributed by atoms with Crippen LogP contribution in [0.3, 0.4) is 0 Å². The summed E-state index contributed by atoms with van der Waals surface area (Å²) in [7, 11) is 1.44. The number of amides is 2. The topological polar surface area (TPSA) is 115 Å². The van der Waals surface area contributed by atoms with E-state index in [1.54, 1.807) is 66.7 Å². The Hall–Kier alpha value is -4.18. The summed E-state index contributed by atoms with van der Waals surface area (Å²) < 4.78 is 16.9. The van der Waals surface area contributed by atoms with Crippen molar-refractivity contribution in [3.63, 3.8) is 0 Å². The van der Waals surface area contributed by atoms with Crippen molar-refractivity contribution >= 4 is 39.9 Å². The van der Waals surface area contributed by atoms with Crippen molar-refractivity contribution in [1.82, 2.24) is 10.7 Å². The number of hydrogen-bond donors (Lipinski definition) is 2. The third kappa shape index (κ3) is 7.67. The Kier molecular flexibility index (Phi) is 9.58. The lowest BCUT2D eigenvalue weighted by Gasteiger charge is -2.10. The molecule has 3 aromatic carbocycles. The van der Waals surface area contributed by atoms with E-state index in [1.165, 1.54) is 13.3 Å². The molecule has 2 N–H and O–H groups in total. The molecule has 10 heteroatoms. The first kappa shape index (κ1) is 26.4. The molecule has 0 heterocycles. The molecule has 3 rings (SSSR count). The standard InChI is InChI=1S/C26H24BrN3O6/c1-3-35-21-10-8-18(9-11-21)26(33)36-22-12-7-17(13-23(22)34-2)15-29-30-24(31)16-28-25(32)19-5-4-6-20(27)14-19/h4-15H,3,16H2,1-2H3,(H,28,32)(H,30,31). The number of nitrogens with one attached hydrogen (secondary N) is 2. The lowest BCUT2D eigenvalue weighted by Crippen LogP contribution is -2.34. The van der Waals surface area contributed by atoms with Gasteiger partial charge in [-0.15, -0.1) is 0 Å². The van der Waals surface area contributed by atoms with Gasteiger partial charge in [-0.2, -0.15) is 5.10 Å².